The van der Waals surface area contributed by atoms with Gasteiger partial charge >= 0.3 is 6.61 Å². The monoisotopic (exact) mass is 300 g/mol. The van der Waals surface area contributed by atoms with E-state index < -0.39 is 6.61 Å². The maximum Gasteiger partial charge on any atom is 0.387 e. The summed E-state index contributed by atoms with van der Waals surface area (Å²) in [4.78, 5) is 12.4. The van der Waals surface area contributed by atoms with Crippen molar-refractivity contribution >= 4 is 11.9 Å². The minimum atomic E-state index is -2.83. The van der Waals surface area contributed by atoms with E-state index in [2.05, 4.69) is 4.74 Å². The number of rotatable bonds is 3. The largest absolute Gasteiger partial charge is 0.435 e. The molecule has 0 amide bonds. The number of fused-ring (bicyclic) bond motifs is 1. The number of halogens is 2. The number of benzene rings is 2. The van der Waals surface area contributed by atoms with Gasteiger partial charge in [0, 0.05) is 11.1 Å². The summed E-state index contributed by atoms with van der Waals surface area (Å²) >= 11 is 0. The van der Waals surface area contributed by atoms with Crippen LogP contribution in [0.5, 0.6) is 5.75 Å². The molecule has 0 unspecified atom stereocenters. The maximum absolute atomic E-state index is 12.4. The molecule has 0 atom stereocenters. The normalized spacial score (nSPS) is 16.0. The number of aryl methyl sites for hydroxylation is 1. The quantitative estimate of drug-likeness (QED) is 0.780. The van der Waals surface area contributed by atoms with Gasteiger partial charge < -0.3 is 4.74 Å². The Hall–Kier alpha value is -2.49. The zero-order chi connectivity index (χ0) is 15.5. The molecule has 0 fully saturated rings. The van der Waals surface area contributed by atoms with Gasteiger partial charge in [-0.2, -0.15) is 8.78 Å². The molecular weight excluding hydrogens is 286 g/mol. The van der Waals surface area contributed by atoms with Crippen molar-refractivity contribution in [3.8, 4) is 5.75 Å². The molecule has 1 aliphatic carbocycles. The van der Waals surface area contributed by atoms with Crippen LogP contribution < -0.4 is 4.74 Å². The topological polar surface area (TPSA) is 26.3 Å². The number of ketones is 1. The van der Waals surface area contributed by atoms with Gasteiger partial charge in [0.1, 0.15) is 5.75 Å². The highest BCUT2D eigenvalue weighted by Crippen LogP contribution is 2.27. The fraction of sp³-hybridized carbons (Fsp3) is 0.167. The van der Waals surface area contributed by atoms with Crippen molar-refractivity contribution in [3.63, 3.8) is 0 Å². The number of carbonyl (C=O) groups is 1. The zero-order valence-electron chi connectivity index (χ0n) is 11.8. The van der Waals surface area contributed by atoms with Crippen LogP contribution in [0, 0.1) is 0 Å². The number of Topliss-reactive ketones (excluding diaryl/α,β-unsaturated/α-hetero) is 1. The number of carbonyl (C=O) groups excluding carboxylic acids is 1. The smallest absolute Gasteiger partial charge is 0.387 e. The molecule has 0 saturated heterocycles. The lowest BCUT2D eigenvalue weighted by Crippen LogP contribution is -2.13. The number of allylic oxidation sites excluding steroid dienone is 1. The lowest BCUT2D eigenvalue weighted by atomic mass is 9.86. The number of hydrogen-bond acceptors (Lipinski definition) is 2. The second kappa shape index (κ2) is 6.10. The fourth-order valence-corrected chi connectivity index (χ4v) is 2.60. The zero-order valence-corrected chi connectivity index (χ0v) is 11.8. The number of hydrogen-bond donors (Lipinski definition) is 0. The van der Waals surface area contributed by atoms with Gasteiger partial charge in [-0.3, -0.25) is 4.79 Å². The van der Waals surface area contributed by atoms with Gasteiger partial charge in [-0.05, 0) is 42.2 Å². The number of ether oxygens (including phenoxy) is 1. The van der Waals surface area contributed by atoms with Crippen LogP contribution in [0.4, 0.5) is 8.78 Å². The van der Waals surface area contributed by atoms with Gasteiger partial charge in [0.15, 0.2) is 5.78 Å². The predicted molar refractivity (Wildman–Crippen MR) is 80.1 cm³/mol. The molecule has 1 aliphatic rings. The molecule has 2 aromatic carbocycles. The first-order valence-electron chi connectivity index (χ1n) is 7.01. The molecule has 0 heterocycles. The molecule has 0 aliphatic heterocycles. The molecule has 0 bridgehead atoms. The molecule has 3 rings (SSSR count). The van der Waals surface area contributed by atoms with E-state index in [0.29, 0.717) is 6.42 Å². The number of alkyl halides is 2. The van der Waals surface area contributed by atoms with E-state index in [9.17, 15) is 13.6 Å². The summed E-state index contributed by atoms with van der Waals surface area (Å²) in [7, 11) is 0. The van der Waals surface area contributed by atoms with Crippen LogP contribution in [0.2, 0.25) is 0 Å². The summed E-state index contributed by atoms with van der Waals surface area (Å²) in [5, 5.41) is 0. The van der Waals surface area contributed by atoms with E-state index >= 15 is 0 Å². The van der Waals surface area contributed by atoms with Crippen LogP contribution >= 0.6 is 0 Å². The van der Waals surface area contributed by atoms with Crippen LogP contribution in [0.1, 0.15) is 27.9 Å². The Morgan fingerprint density at radius 2 is 1.73 bits per heavy atom. The van der Waals surface area contributed by atoms with Gasteiger partial charge in [0.2, 0.25) is 0 Å². The Balaban J connectivity index is 1.83. The highest BCUT2D eigenvalue weighted by Gasteiger charge is 2.21. The molecular formula is C18H14F2O2. The van der Waals surface area contributed by atoms with E-state index in [-0.39, 0.29) is 11.5 Å². The summed E-state index contributed by atoms with van der Waals surface area (Å²) in [6.45, 7) is -2.83. The lowest BCUT2D eigenvalue weighted by molar-refractivity contribution is -0.0498. The summed E-state index contributed by atoms with van der Waals surface area (Å²) in [5.74, 6) is 0.146. The van der Waals surface area contributed by atoms with Crippen molar-refractivity contribution in [1.82, 2.24) is 0 Å². The summed E-state index contributed by atoms with van der Waals surface area (Å²) in [5.41, 5.74) is 3.36. The Kier molecular flexibility index (Phi) is 4.00. The second-order valence-corrected chi connectivity index (χ2v) is 5.10. The van der Waals surface area contributed by atoms with Gasteiger partial charge in [-0.25, -0.2) is 0 Å². The van der Waals surface area contributed by atoms with Crippen LogP contribution in [0.15, 0.2) is 54.1 Å². The minimum Gasteiger partial charge on any atom is -0.435 e. The molecule has 2 nitrogen and oxygen atoms in total. The predicted octanol–water partition coefficient (Wildman–Crippen LogP) is 4.50. The van der Waals surface area contributed by atoms with Crippen molar-refractivity contribution in [1.29, 1.82) is 0 Å². The third-order valence-electron chi connectivity index (χ3n) is 3.66. The van der Waals surface area contributed by atoms with E-state index in [1.807, 2.05) is 30.3 Å². The Labute approximate surface area is 127 Å². The highest BCUT2D eigenvalue weighted by molar-refractivity contribution is 6.13. The van der Waals surface area contributed by atoms with E-state index in [0.717, 1.165) is 28.7 Å². The molecule has 112 valence electrons. The van der Waals surface area contributed by atoms with Crippen molar-refractivity contribution in [2.75, 3.05) is 0 Å². The summed E-state index contributed by atoms with van der Waals surface area (Å²) in [6.07, 6.45) is 3.33. The van der Waals surface area contributed by atoms with Gasteiger partial charge in [-0.1, -0.05) is 36.4 Å². The average molecular weight is 300 g/mol. The molecule has 0 N–H and O–H groups in total. The van der Waals surface area contributed by atoms with Crippen molar-refractivity contribution < 1.29 is 18.3 Å². The maximum atomic E-state index is 12.4. The minimum absolute atomic E-state index is 0.0368. The van der Waals surface area contributed by atoms with Gasteiger partial charge in [0.05, 0.1) is 0 Å². The highest BCUT2D eigenvalue weighted by atomic mass is 19.3. The molecule has 4 heteroatoms. The fourth-order valence-electron chi connectivity index (χ4n) is 2.60. The standard InChI is InChI=1S/C18H14F2O2/c19-18(20)22-15-9-5-12(6-10-15)11-14-8-7-13-3-1-2-4-16(13)17(14)21/h1-6,9-11,18H,7-8H2/b14-11+. The third kappa shape index (κ3) is 3.06. The molecule has 0 saturated carbocycles. The molecule has 2 aromatic rings. The summed E-state index contributed by atoms with van der Waals surface area (Å²) < 4.78 is 28.5. The SMILES string of the molecule is O=C1/C(=C/c2ccc(OC(F)F)cc2)CCc2ccccc21. The van der Waals surface area contributed by atoms with Crippen LogP contribution in [-0.2, 0) is 6.42 Å². The van der Waals surface area contributed by atoms with Crippen molar-refractivity contribution in [2.45, 2.75) is 19.5 Å². The lowest BCUT2D eigenvalue weighted by Gasteiger charge is -2.17. The molecule has 0 spiro atoms. The van der Waals surface area contributed by atoms with Crippen LogP contribution in [-0.4, -0.2) is 12.4 Å². The van der Waals surface area contributed by atoms with Gasteiger partial charge in [0.25, 0.3) is 0 Å². The molecule has 0 aromatic heterocycles. The molecule has 22 heavy (non-hydrogen) atoms. The Morgan fingerprint density at radius 1 is 1.00 bits per heavy atom. The van der Waals surface area contributed by atoms with E-state index in [1.54, 1.807) is 12.1 Å². The van der Waals surface area contributed by atoms with Crippen molar-refractivity contribution in [3.05, 3.63) is 70.8 Å². The second-order valence-electron chi connectivity index (χ2n) is 5.10. The first kappa shape index (κ1) is 14.4. The van der Waals surface area contributed by atoms with E-state index in [1.165, 1.54) is 12.1 Å². The Morgan fingerprint density at radius 3 is 2.45 bits per heavy atom. The van der Waals surface area contributed by atoms with E-state index in [4.69, 9.17) is 0 Å². The van der Waals surface area contributed by atoms with Crippen LogP contribution in [0.3, 0.4) is 0 Å². The average Bonchev–Trinajstić information content (AvgIpc) is 2.52. The first-order valence-corrected chi connectivity index (χ1v) is 7.01. The third-order valence-corrected chi connectivity index (χ3v) is 3.66. The Bertz CT molecular complexity index is 718. The first-order chi connectivity index (χ1) is 10.6. The van der Waals surface area contributed by atoms with Crippen LogP contribution in [0.25, 0.3) is 6.08 Å². The molecule has 0 radical (unpaired) electrons. The van der Waals surface area contributed by atoms with Crippen molar-refractivity contribution in [2.24, 2.45) is 0 Å². The summed E-state index contributed by atoms with van der Waals surface area (Å²) in [6, 6.07) is 13.9. The van der Waals surface area contributed by atoms with Gasteiger partial charge in [-0.15, -0.1) is 0 Å².